The van der Waals surface area contributed by atoms with Crippen LogP contribution in [0.3, 0.4) is 0 Å². The molecule has 1 saturated heterocycles. The van der Waals surface area contributed by atoms with E-state index in [0.717, 1.165) is 36.9 Å². The molecule has 1 aliphatic heterocycles. The molecule has 2 fully saturated rings. The molecule has 0 radical (unpaired) electrons. The fourth-order valence-electron chi connectivity index (χ4n) is 7.19. The first-order valence-electron chi connectivity index (χ1n) is 11.9. The van der Waals surface area contributed by atoms with E-state index in [9.17, 15) is 13.6 Å². The van der Waals surface area contributed by atoms with Crippen LogP contribution in [-0.4, -0.2) is 39.3 Å². The first-order chi connectivity index (χ1) is 16.3. The third-order valence-corrected chi connectivity index (χ3v) is 8.75. The van der Waals surface area contributed by atoms with Crippen molar-refractivity contribution in [3.8, 4) is 11.3 Å². The summed E-state index contributed by atoms with van der Waals surface area (Å²) >= 11 is 0. The van der Waals surface area contributed by atoms with Gasteiger partial charge in [0.2, 0.25) is 0 Å². The average Bonchev–Trinajstić information content (AvgIpc) is 3.50. The zero-order chi connectivity index (χ0) is 23.7. The third-order valence-electron chi connectivity index (χ3n) is 8.75. The summed E-state index contributed by atoms with van der Waals surface area (Å²) in [7, 11) is 0. The summed E-state index contributed by atoms with van der Waals surface area (Å²) in [5.41, 5.74) is 2.06. The number of benzene rings is 1. The van der Waals surface area contributed by atoms with Crippen LogP contribution in [0.15, 0.2) is 41.1 Å². The number of aromatic nitrogens is 3. The number of rotatable bonds is 3. The number of halogens is 2. The summed E-state index contributed by atoms with van der Waals surface area (Å²) in [6.07, 6.45) is 5.26. The number of fused-ring (bicyclic) bond motifs is 5. The molecule has 3 heterocycles. The van der Waals surface area contributed by atoms with Crippen molar-refractivity contribution in [3.63, 3.8) is 0 Å². The van der Waals surface area contributed by atoms with Gasteiger partial charge in [0.1, 0.15) is 17.9 Å². The summed E-state index contributed by atoms with van der Waals surface area (Å²) < 4.78 is 33.8. The Kier molecular flexibility index (Phi) is 4.66. The molecule has 176 valence electrons. The maximum atomic E-state index is 14.5. The van der Waals surface area contributed by atoms with Gasteiger partial charge in [-0.25, -0.2) is 8.78 Å². The lowest BCUT2D eigenvalue weighted by molar-refractivity contribution is 0.0416. The molecule has 3 aromatic rings. The van der Waals surface area contributed by atoms with Crippen molar-refractivity contribution in [1.82, 2.24) is 20.3 Å². The van der Waals surface area contributed by atoms with Crippen molar-refractivity contribution in [2.24, 2.45) is 11.3 Å². The molecule has 0 spiro atoms. The molecule has 1 aromatic carbocycles. The second kappa shape index (κ2) is 7.42. The first-order valence-corrected chi connectivity index (χ1v) is 11.9. The van der Waals surface area contributed by atoms with Gasteiger partial charge in [0.05, 0.1) is 17.0 Å². The molecule has 2 aliphatic carbocycles. The zero-order valence-electron chi connectivity index (χ0n) is 19.2. The first kappa shape index (κ1) is 21.4. The molecule has 0 N–H and O–H groups in total. The van der Waals surface area contributed by atoms with Crippen LogP contribution in [0.2, 0.25) is 0 Å². The Morgan fingerprint density at radius 1 is 1.15 bits per heavy atom. The summed E-state index contributed by atoms with van der Waals surface area (Å²) in [5, 5.41) is 12.8. The van der Waals surface area contributed by atoms with E-state index in [0.29, 0.717) is 18.8 Å². The predicted octanol–water partition coefficient (Wildman–Crippen LogP) is 5.12. The van der Waals surface area contributed by atoms with Gasteiger partial charge in [-0.1, -0.05) is 25.1 Å². The van der Waals surface area contributed by atoms with Crippen molar-refractivity contribution in [2.45, 2.75) is 50.9 Å². The van der Waals surface area contributed by atoms with Gasteiger partial charge >= 0.3 is 0 Å². The molecule has 3 unspecified atom stereocenters. The summed E-state index contributed by atoms with van der Waals surface area (Å²) in [6, 6.07) is 7.28. The lowest BCUT2D eigenvalue weighted by atomic mass is 9.59. The van der Waals surface area contributed by atoms with Crippen LogP contribution in [0.4, 0.5) is 8.78 Å². The van der Waals surface area contributed by atoms with E-state index in [1.165, 1.54) is 24.5 Å². The molecule has 2 bridgehead atoms. The van der Waals surface area contributed by atoms with Crippen molar-refractivity contribution < 1.29 is 18.1 Å². The van der Waals surface area contributed by atoms with Gasteiger partial charge in [0, 0.05) is 24.6 Å². The highest BCUT2D eigenvalue weighted by Crippen LogP contribution is 2.70. The molecule has 1 amide bonds. The van der Waals surface area contributed by atoms with Crippen molar-refractivity contribution in [3.05, 3.63) is 65.2 Å². The second-order valence-corrected chi connectivity index (χ2v) is 10.4. The maximum Gasteiger partial charge on any atom is 0.276 e. The van der Waals surface area contributed by atoms with Gasteiger partial charge in [0.15, 0.2) is 5.69 Å². The fraction of sp³-hybridized carbons (Fsp3) is 0.462. The van der Waals surface area contributed by atoms with Crippen molar-refractivity contribution >= 4 is 5.91 Å². The Hall–Kier alpha value is -3.16. The van der Waals surface area contributed by atoms with Crippen LogP contribution in [0.25, 0.3) is 11.3 Å². The van der Waals surface area contributed by atoms with Gasteiger partial charge < -0.3 is 9.42 Å². The largest absolute Gasteiger partial charge is 0.364 e. The molecule has 8 heteroatoms. The molecule has 3 aliphatic rings. The monoisotopic (exact) mass is 464 g/mol. The fourth-order valence-corrected chi connectivity index (χ4v) is 7.19. The van der Waals surface area contributed by atoms with Gasteiger partial charge in [0.25, 0.3) is 5.91 Å². The Morgan fingerprint density at radius 3 is 2.68 bits per heavy atom. The van der Waals surface area contributed by atoms with Crippen molar-refractivity contribution in [2.75, 3.05) is 13.1 Å². The summed E-state index contributed by atoms with van der Waals surface area (Å²) in [6.45, 7) is 5.85. The minimum Gasteiger partial charge on any atom is -0.364 e. The highest BCUT2D eigenvalue weighted by Gasteiger charge is 2.66. The maximum absolute atomic E-state index is 14.5. The molecule has 6 rings (SSSR count). The van der Waals surface area contributed by atoms with E-state index in [-0.39, 0.29) is 39.8 Å². The van der Waals surface area contributed by atoms with Gasteiger partial charge in [-0.3, -0.25) is 4.79 Å². The Balaban J connectivity index is 1.40. The lowest BCUT2D eigenvalue weighted by Gasteiger charge is -2.48. The predicted molar refractivity (Wildman–Crippen MR) is 120 cm³/mol. The number of hydrogen-bond acceptors (Lipinski definition) is 5. The Labute approximate surface area is 196 Å². The number of nitrogens with zero attached hydrogens (tertiary/aromatic N) is 4. The molecule has 2 aromatic heterocycles. The molecular formula is C26H26F2N4O2. The Morgan fingerprint density at radius 2 is 1.94 bits per heavy atom. The van der Waals surface area contributed by atoms with Crippen LogP contribution in [0.5, 0.6) is 0 Å². The Bertz CT molecular complexity index is 1260. The average molecular weight is 465 g/mol. The summed E-state index contributed by atoms with van der Waals surface area (Å²) in [5.74, 6) is -0.949. The van der Waals surface area contributed by atoms with Crippen LogP contribution in [0, 0.1) is 23.0 Å². The normalized spacial score (nSPS) is 27.1. The number of piperidine rings is 1. The molecule has 3 atom stereocenters. The highest BCUT2D eigenvalue weighted by molar-refractivity contribution is 5.92. The number of amides is 1. The van der Waals surface area contributed by atoms with Gasteiger partial charge in [-0.2, -0.15) is 10.2 Å². The smallest absolute Gasteiger partial charge is 0.276 e. The highest BCUT2D eigenvalue weighted by atomic mass is 19.1. The number of carbonyl (C=O) groups excluding carboxylic acids is 1. The number of carbonyl (C=O) groups is 1. The van der Waals surface area contributed by atoms with Gasteiger partial charge in [-0.15, -0.1) is 0 Å². The lowest BCUT2D eigenvalue weighted by Crippen LogP contribution is -2.51. The van der Waals surface area contributed by atoms with Gasteiger partial charge in [-0.05, 0) is 66.7 Å². The van der Waals surface area contributed by atoms with E-state index in [1.807, 2.05) is 11.0 Å². The summed E-state index contributed by atoms with van der Waals surface area (Å²) in [4.78, 5) is 14.9. The third kappa shape index (κ3) is 2.77. The number of hydrogen-bond donors (Lipinski definition) is 0. The minimum absolute atomic E-state index is 0.110. The zero-order valence-corrected chi connectivity index (χ0v) is 19.2. The quantitative estimate of drug-likeness (QED) is 0.538. The minimum atomic E-state index is -0.638. The topological polar surface area (TPSA) is 72.1 Å². The van der Waals surface area contributed by atoms with E-state index < -0.39 is 11.6 Å². The number of likely N-dealkylation sites (tertiary alicyclic amines) is 1. The van der Waals surface area contributed by atoms with Crippen LogP contribution < -0.4 is 0 Å². The molecule has 1 saturated carbocycles. The van der Waals surface area contributed by atoms with E-state index in [4.69, 9.17) is 4.52 Å². The standard InChI is InChI=1S/C26H26F2N4O2/c1-25(2)17-8-10-26(25,15-5-4-11-32(14-15)24(33)20-9-12-34-31-20)23-16(17)13-21(29-30-23)22-18(27)6-3-7-19(22)28/h3,6-7,9,12-13,15,17H,4-5,8,10-11,14H2,1-2H3. The van der Waals surface area contributed by atoms with Crippen LogP contribution in [0.1, 0.15) is 67.2 Å². The second-order valence-electron chi connectivity index (χ2n) is 10.4. The molecule has 6 nitrogen and oxygen atoms in total. The van der Waals surface area contributed by atoms with Crippen LogP contribution in [-0.2, 0) is 5.41 Å². The van der Waals surface area contributed by atoms with E-state index >= 15 is 0 Å². The SMILES string of the molecule is CC1(C)C2CCC1(C1CCCN(C(=O)c3ccon3)C1)c1nnc(-c3c(F)cccc3F)cc12. The van der Waals surface area contributed by atoms with E-state index in [2.05, 4.69) is 29.2 Å². The van der Waals surface area contributed by atoms with E-state index in [1.54, 1.807) is 6.07 Å². The molecular weight excluding hydrogens is 438 g/mol. The van der Waals surface area contributed by atoms with Crippen LogP contribution >= 0.6 is 0 Å². The van der Waals surface area contributed by atoms with Crippen molar-refractivity contribution in [1.29, 1.82) is 0 Å². The molecule has 34 heavy (non-hydrogen) atoms.